The summed E-state index contributed by atoms with van der Waals surface area (Å²) in [6.07, 6.45) is 0. The predicted octanol–water partition coefficient (Wildman–Crippen LogP) is 3.68. The van der Waals surface area contributed by atoms with Crippen molar-refractivity contribution in [3.8, 4) is 11.5 Å². The summed E-state index contributed by atoms with van der Waals surface area (Å²) in [6, 6.07) is 10.0. The van der Waals surface area contributed by atoms with E-state index in [1.807, 2.05) is 0 Å². The molecule has 0 atom stereocenters. The second-order valence-corrected chi connectivity index (χ2v) is 5.07. The number of amides is 1. The third-order valence-electron chi connectivity index (χ3n) is 2.85. The first-order valence-electron chi connectivity index (χ1n) is 6.06. The number of halogens is 2. The zero-order valence-electron chi connectivity index (χ0n) is 11.2. The number of benzene rings is 2. The third kappa shape index (κ3) is 3.60. The zero-order chi connectivity index (χ0) is 15.4. The molecule has 4 nitrogen and oxygen atoms in total. The van der Waals surface area contributed by atoms with E-state index in [0.29, 0.717) is 21.5 Å². The maximum absolute atomic E-state index is 11.5. The summed E-state index contributed by atoms with van der Waals surface area (Å²) in [5, 5.41) is 1.02. The molecule has 6 heteroatoms. The van der Waals surface area contributed by atoms with Gasteiger partial charge in [0.15, 0.2) is 11.5 Å². The van der Waals surface area contributed by atoms with Crippen LogP contribution < -0.4 is 15.2 Å². The molecule has 0 bridgehead atoms. The van der Waals surface area contributed by atoms with Crippen LogP contribution in [0.25, 0.3) is 0 Å². The van der Waals surface area contributed by atoms with Gasteiger partial charge in [0.25, 0.3) is 5.91 Å². The quantitative estimate of drug-likeness (QED) is 0.912. The maximum atomic E-state index is 11.5. The third-order valence-corrected chi connectivity index (χ3v) is 3.44. The summed E-state index contributed by atoms with van der Waals surface area (Å²) in [5.74, 6) is 0.126. The lowest BCUT2D eigenvalue weighted by atomic mass is 10.1. The molecule has 110 valence electrons. The van der Waals surface area contributed by atoms with E-state index in [1.165, 1.54) is 7.11 Å². The lowest BCUT2D eigenvalue weighted by molar-refractivity contribution is 0.0995. The van der Waals surface area contributed by atoms with Crippen LogP contribution in [-0.4, -0.2) is 13.0 Å². The smallest absolute Gasteiger partial charge is 0.252 e. The van der Waals surface area contributed by atoms with Crippen LogP contribution in [0.2, 0.25) is 10.0 Å². The topological polar surface area (TPSA) is 61.5 Å². The first kappa shape index (κ1) is 15.5. The molecule has 1 amide bonds. The molecule has 21 heavy (non-hydrogen) atoms. The average molecular weight is 326 g/mol. The molecule has 0 saturated carbocycles. The van der Waals surface area contributed by atoms with Crippen molar-refractivity contribution in [3.05, 3.63) is 57.6 Å². The molecular formula is C15H13Cl2NO3. The van der Waals surface area contributed by atoms with E-state index in [-0.39, 0.29) is 12.2 Å². The number of nitrogens with two attached hydrogens (primary N) is 1. The van der Waals surface area contributed by atoms with Gasteiger partial charge < -0.3 is 15.2 Å². The Bertz CT molecular complexity index is 674. The highest BCUT2D eigenvalue weighted by molar-refractivity contribution is 6.35. The standard InChI is InChI=1S/C15H13Cl2NO3/c1-20-13-4-2-3-11(15(18)19)14(13)21-8-9-5-6-10(16)7-12(9)17/h2-7H,8H2,1H3,(H2,18,19). The zero-order valence-corrected chi connectivity index (χ0v) is 12.7. The number of hydrogen-bond acceptors (Lipinski definition) is 3. The van der Waals surface area contributed by atoms with Gasteiger partial charge in [0.1, 0.15) is 6.61 Å². The Hall–Kier alpha value is -1.91. The van der Waals surface area contributed by atoms with Crippen LogP contribution in [-0.2, 0) is 6.61 Å². The van der Waals surface area contributed by atoms with E-state index >= 15 is 0 Å². The van der Waals surface area contributed by atoms with Crippen LogP contribution in [0.5, 0.6) is 11.5 Å². The van der Waals surface area contributed by atoms with E-state index in [1.54, 1.807) is 36.4 Å². The van der Waals surface area contributed by atoms with Gasteiger partial charge in [-0.25, -0.2) is 0 Å². The molecule has 0 aromatic heterocycles. The second-order valence-electron chi connectivity index (χ2n) is 4.23. The van der Waals surface area contributed by atoms with E-state index in [0.717, 1.165) is 5.56 Å². The Labute approximate surface area is 132 Å². The van der Waals surface area contributed by atoms with Crippen LogP contribution in [0.1, 0.15) is 15.9 Å². The average Bonchev–Trinajstić information content (AvgIpc) is 2.45. The minimum Gasteiger partial charge on any atom is -0.493 e. The fourth-order valence-electron chi connectivity index (χ4n) is 1.81. The minimum absolute atomic E-state index is 0.163. The Kier molecular flexibility index (Phi) is 4.94. The SMILES string of the molecule is COc1cccc(C(N)=O)c1OCc1ccc(Cl)cc1Cl. The van der Waals surface area contributed by atoms with Gasteiger partial charge in [-0.15, -0.1) is 0 Å². The van der Waals surface area contributed by atoms with Crippen LogP contribution in [0.4, 0.5) is 0 Å². The van der Waals surface area contributed by atoms with Crippen LogP contribution >= 0.6 is 23.2 Å². The van der Waals surface area contributed by atoms with E-state index in [9.17, 15) is 4.79 Å². The summed E-state index contributed by atoms with van der Waals surface area (Å²) in [6.45, 7) is 0.163. The molecule has 0 spiro atoms. The minimum atomic E-state index is -0.592. The van der Waals surface area contributed by atoms with Gasteiger partial charge in [-0.05, 0) is 24.3 Å². The normalized spacial score (nSPS) is 10.2. The Morgan fingerprint density at radius 3 is 2.62 bits per heavy atom. The van der Waals surface area contributed by atoms with Crippen molar-refractivity contribution in [1.82, 2.24) is 0 Å². The van der Waals surface area contributed by atoms with E-state index < -0.39 is 5.91 Å². The number of primary amides is 1. The highest BCUT2D eigenvalue weighted by Crippen LogP contribution is 2.32. The summed E-state index contributed by atoms with van der Waals surface area (Å²) in [7, 11) is 1.49. The molecule has 0 saturated heterocycles. The lowest BCUT2D eigenvalue weighted by Gasteiger charge is -2.14. The monoisotopic (exact) mass is 325 g/mol. The van der Waals surface area contributed by atoms with Crippen molar-refractivity contribution in [2.75, 3.05) is 7.11 Å². The number of hydrogen-bond donors (Lipinski definition) is 1. The Morgan fingerprint density at radius 2 is 2.00 bits per heavy atom. The van der Waals surface area contributed by atoms with E-state index in [2.05, 4.69) is 0 Å². The van der Waals surface area contributed by atoms with Crippen molar-refractivity contribution in [2.24, 2.45) is 5.73 Å². The van der Waals surface area contributed by atoms with Gasteiger partial charge in [0, 0.05) is 15.6 Å². The summed E-state index contributed by atoms with van der Waals surface area (Å²) < 4.78 is 10.9. The van der Waals surface area contributed by atoms with Crippen LogP contribution in [0.3, 0.4) is 0 Å². The molecule has 2 aromatic carbocycles. The first-order chi connectivity index (χ1) is 10.0. The molecule has 0 aliphatic carbocycles. The molecule has 0 aliphatic heterocycles. The number of para-hydroxylation sites is 1. The van der Waals surface area contributed by atoms with Crippen molar-refractivity contribution in [1.29, 1.82) is 0 Å². The maximum Gasteiger partial charge on any atom is 0.252 e. The number of carbonyl (C=O) groups excluding carboxylic acids is 1. The highest BCUT2D eigenvalue weighted by Gasteiger charge is 2.15. The van der Waals surface area contributed by atoms with Crippen LogP contribution in [0.15, 0.2) is 36.4 Å². The first-order valence-corrected chi connectivity index (χ1v) is 6.82. The van der Waals surface area contributed by atoms with Crippen LogP contribution in [0, 0.1) is 0 Å². The Morgan fingerprint density at radius 1 is 1.24 bits per heavy atom. The molecule has 2 aromatic rings. The van der Waals surface area contributed by atoms with Crippen molar-refractivity contribution in [2.45, 2.75) is 6.61 Å². The van der Waals surface area contributed by atoms with Gasteiger partial charge in [0.05, 0.1) is 12.7 Å². The Balaban J connectivity index is 2.28. The molecule has 0 unspecified atom stereocenters. The van der Waals surface area contributed by atoms with Gasteiger partial charge in [-0.3, -0.25) is 4.79 Å². The molecule has 0 aliphatic rings. The molecular weight excluding hydrogens is 313 g/mol. The number of carbonyl (C=O) groups is 1. The van der Waals surface area contributed by atoms with Gasteiger partial charge in [-0.2, -0.15) is 0 Å². The molecule has 2 rings (SSSR count). The number of ether oxygens (including phenoxy) is 2. The van der Waals surface area contributed by atoms with Crippen molar-refractivity contribution in [3.63, 3.8) is 0 Å². The van der Waals surface area contributed by atoms with E-state index in [4.69, 9.17) is 38.4 Å². The summed E-state index contributed by atoms with van der Waals surface area (Å²) in [4.78, 5) is 11.5. The number of rotatable bonds is 5. The molecule has 0 heterocycles. The lowest BCUT2D eigenvalue weighted by Crippen LogP contribution is -2.13. The fourth-order valence-corrected chi connectivity index (χ4v) is 2.27. The van der Waals surface area contributed by atoms with Gasteiger partial charge in [0.2, 0.25) is 0 Å². The highest BCUT2D eigenvalue weighted by atomic mass is 35.5. The van der Waals surface area contributed by atoms with Gasteiger partial charge in [-0.1, -0.05) is 35.3 Å². The summed E-state index contributed by atoms with van der Waals surface area (Å²) >= 11 is 11.9. The number of methoxy groups -OCH3 is 1. The summed E-state index contributed by atoms with van der Waals surface area (Å²) in [5.41, 5.74) is 6.33. The largest absolute Gasteiger partial charge is 0.493 e. The second kappa shape index (κ2) is 6.70. The molecule has 0 radical (unpaired) electrons. The molecule has 2 N–H and O–H groups in total. The van der Waals surface area contributed by atoms with Crippen molar-refractivity contribution >= 4 is 29.1 Å². The van der Waals surface area contributed by atoms with Gasteiger partial charge >= 0.3 is 0 Å². The molecule has 0 fully saturated rings. The van der Waals surface area contributed by atoms with Crippen molar-refractivity contribution < 1.29 is 14.3 Å². The fraction of sp³-hybridized carbons (Fsp3) is 0.133. The predicted molar refractivity (Wildman–Crippen MR) is 82.3 cm³/mol.